The van der Waals surface area contributed by atoms with E-state index in [9.17, 15) is 0 Å². The molecule has 0 aromatic carbocycles. The van der Waals surface area contributed by atoms with E-state index in [-0.39, 0.29) is 0 Å². The molecule has 0 radical (unpaired) electrons. The maximum Gasteiger partial charge on any atom is 0.0108 e. The molecule has 1 nitrogen and oxygen atoms in total. The van der Waals surface area contributed by atoms with Crippen molar-refractivity contribution in [2.24, 2.45) is 0 Å². The summed E-state index contributed by atoms with van der Waals surface area (Å²) < 4.78 is 0. The topological polar surface area (TPSA) is 12.0 Å². The summed E-state index contributed by atoms with van der Waals surface area (Å²) in [5, 5.41) is 5.55. The SMILES string of the molecule is CN[C@H]1CCc2sccc2C1. The smallest absolute Gasteiger partial charge is 0.0108 e. The zero-order valence-corrected chi connectivity index (χ0v) is 7.58. The summed E-state index contributed by atoms with van der Waals surface area (Å²) in [6, 6.07) is 2.99. The van der Waals surface area contributed by atoms with Crippen LogP contribution in [0.2, 0.25) is 0 Å². The largest absolute Gasteiger partial charge is 0.317 e. The number of aryl methyl sites for hydroxylation is 1. The third-order valence-corrected chi connectivity index (χ3v) is 3.46. The van der Waals surface area contributed by atoms with Crippen LogP contribution < -0.4 is 5.32 Å². The zero-order chi connectivity index (χ0) is 7.68. The predicted octanol–water partition coefficient (Wildman–Crippen LogP) is 1.82. The summed E-state index contributed by atoms with van der Waals surface area (Å²) in [4.78, 5) is 1.61. The second-order valence-corrected chi connectivity index (χ2v) is 4.10. The predicted molar refractivity (Wildman–Crippen MR) is 49.2 cm³/mol. The molecule has 0 unspecified atom stereocenters. The molecular formula is C9H13NS. The van der Waals surface area contributed by atoms with E-state index >= 15 is 0 Å². The van der Waals surface area contributed by atoms with E-state index in [1.165, 1.54) is 19.3 Å². The Morgan fingerprint density at radius 2 is 2.55 bits per heavy atom. The van der Waals surface area contributed by atoms with Crippen LogP contribution in [0.5, 0.6) is 0 Å². The van der Waals surface area contributed by atoms with Crippen LogP contribution in [0.1, 0.15) is 16.9 Å². The molecule has 60 valence electrons. The van der Waals surface area contributed by atoms with Crippen molar-refractivity contribution in [1.82, 2.24) is 5.32 Å². The molecule has 1 atom stereocenters. The van der Waals surface area contributed by atoms with E-state index in [2.05, 4.69) is 23.8 Å². The molecular weight excluding hydrogens is 154 g/mol. The van der Waals surface area contributed by atoms with Gasteiger partial charge in [0.05, 0.1) is 0 Å². The van der Waals surface area contributed by atoms with Gasteiger partial charge in [-0.1, -0.05) is 0 Å². The Morgan fingerprint density at radius 3 is 3.36 bits per heavy atom. The van der Waals surface area contributed by atoms with Crippen molar-refractivity contribution in [2.75, 3.05) is 7.05 Å². The lowest BCUT2D eigenvalue weighted by molar-refractivity contribution is 0.500. The average molecular weight is 167 g/mol. The fraction of sp³-hybridized carbons (Fsp3) is 0.556. The molecule has 0 amide bonds. The van der Waals surface area contributed by atoms with Crippen molar-refractivity contribution in [3.8, 4) is 0 Å². The van der Waals surface area contributed by atoms with Crippen molar-refractivity contribution in [3.63, 3.8) is 0 Å². The second-order valence-electron chi connectivity index (χ2n) is 3.10. The number of likely N-dealkylation sites (N-methyl/N-ethyl adjacent to an activating group) is 1. The van der Waals surface area contributed by atoms with Gasteiger partial charge in [-0.3, -0.25) is 0 Å². The summed E-state index contributed by atoms with van der Waals surface area (Å²) in [5.74, 6) is 0. The molecule has 11 heavy (non-hydrogen) atoms. The van der Waals surface area contributed by atoms with Crippen molar-refractivity contribution in [3.05, 3.63) is 21.9 Å². The normalized spacial score (nSPS) is 23.2. The van der Waals surface area contributed by atoms with Gasteiger partial charge >= 0.3 is 0 Å². The summed E-state index contributed by atoms with van der Waals surface area (Å²) >= 11 is 1.91. The number of fused-ring (bicyclic) bond motifs is 1. The third kappa shape index (κ3) is 1.33. The Labute approximate surface area is 71.4 Å². The van der Waals surface area contributed by atoms with Gasteiger partial charge in [-0.05, 0) is 43.3 Å². The monoisotopic (exact) mass is 167 g/mol. The number of rotatable bonds is 1. The minimum Gasteiger partial charge on any atom is -0.317 e. The summed E-state index contributed by atoms with van der Waals surface area (Å²) in [6.07, 6.45) is 3.82. The fourth-order valence-electron chi connectivity index (χ4n) is 1.69. The van der Waals surface area contributed by atoms with E-state index in [0.717, 1.165) is 6.04 Å². The van der Waals surface area contributed by atoms with Crippen LogP contribution in [0.15, 0.2) is 11.4 Å². The van der Waals surface area contributed by atoms with E-state index in [1.807, 2.05) is 11.3 Å². The average Bonchev–Trinajstić information content (AvgIpc) is 2.50. The quantitative estimate of drug-likeness (QED) is 0.673. The lowest BCUT2D eigenvalue weighted by Crippen LogP contribution is -2.30. The third-order valence-electron chi connectivity index (χ3n) is 2.43. The van der Waals surface area contributed by atoms with Gasteiger partial charge in [-0.25, -0.2) is 0 Å². The van der Waals surface area contributed by atoms with E-state index in [0.29, 0.717) is 0 Å². The Balaban J connectivity index is 2.18. The maximum absolute atomic E-state index is 3.34. The summed E-state index contributed by atoms with van der Waals surface area (Å²) in [7, 11) is 2.06. The van der Waals surface area contributed by atoms with E-state index in [4.69, 9.17) is 0 Å². The van der Waals surface area contributed by atoms with Crippen molar-refractivity contribution in [2.45, 2.75) is 25.3 Å². The lowest BCUT2D eigenvalue weighted by Gasteiger charge is -2.21. The highest BCUT2D eigenvalue weighted by molar-refractivity contribution is 7.10. The molecule has 1 N–H and O–H groups in total. The molecule has 0 saturated carbocycles. The van der Waals surface area contributed by atoms with Crippen LogP contribution in [0.3, 0.4) is 0 Å². The molecule has 1 aromatic rings. The van der Waals surface area contributed by atoms with E-state index < -0.39 is 0 Å². The molecule has 1 aromatic heterocycles. The number of nitrogens with one attached hydrogen (secondary N) is 1. The number of hydrogen-bond acceptors (Lipinski definition) is 2. The van der Waals surface area contributed by atoms with Gasteiger partial charge < -0.3 is 5.32 Å². The van der Waals surface area contributed by atoms with Gasteiger partial charge in [-0.2, -0.15) is 0 Å². The van der Waals surface area contributed by atoms with Crippen LogP contribution in [0.25, 0.3) is 0 Å². The summed E-state index contributed by atoms with van der Waals surface area (Å²) in [5.41, 5.74) is 1.57. The number of thiophene rings is 1. The Bertz CT molecular complexity index is 241. The first-order valence-electron chi connectivity index (χ1n) is 4.12. The van der Waals surface area contributed by atoms with Crippen LogP contribution in [0.4, 0.5) is 0 Å². The van der Waals surface area contributed by atoms with Crippen LogP contribution in [0, 0.1) is 0 Å². The number of hydrogen-bond donors (Lipinski definition) is 1. The molecule has 1 heterocycles. The maximum atomic E-state index is 3.34. The van der Waals surface area contributed by atoms with Gasteiger partial charge in [0, 0.05) is 10.9 Å². The first kappa shape index (κ1) is 7.32. The van der Waals surface area contributed by atoms with Gasteiger partial charge in [0.1, 0.15) is 0 Å². The Kier molecular flexibility index (Phi) is 1.96. The van der Waals surface area contributed by atoms with Crippen LogP contribution >= 0.6 is 11.3 Å². The van der Waals surface area contributed by atoms with Gasteiger partial charge in [0.25, 0.3) is 0 Å². The van der Waals surface area contributed by atoms with Crippen LogP contribution in [-0.2, 0) is 12.8 Å². The Hall–Kier alpha value is -0.340. The molecule has 0 spiro atoms. The van der Waals surface area contributed by atoms with E-state index in [1.54, 1.807) is 10.4 Å². The van der Waals surface area contributed by atoms with Crippen molar-refractivity contribution >= 4 is 11.3 Å². The second kappa shape index (κ2) is 2.95. The van der Waals surface area contributed by atoms with Gasteiger partial charge in [-0.15, -0.1) is 11.3 Å². The summed E-state index contributed by atoms with van der Waals surface area (Å²) in [6.45, 7) is 0. The van der Waals surface area contributed by atoms with Gasteiger partial charge in [0.2, 0.25) is 0 Å². The molecule has 2 heteroatoms. The molecule has 0 saturated heterocycles. The molecule has 0 bridgehead atoms. The van der Waals surface area contributed by atoms with Crippen molar-refractivity contribution < 1.29 is 0 Å². The molecule has 0 aliphatic heterocycles. The molecule has 1 aliphatic rings. The minimum atomic E-state index is 0.720. The molecule has 1 aliphatic carbocycles. The first-order valence-corrected chi connectivity index (χ1v) is 5.00. The standard InChI is InChI=1S/C9H13NS/c1-10-8-2-3-9-7(6-8)4-5-11-9/h4-5,8,10H,2-3,6H2,1H3/t8-/m0/s1. The van der Waals surface area contributed by atoms with Crippen LogP contribution in [-0.4, -0.2) is 13.1 Å². The highest BCUT2D eigenvalue weighted by atomic mass is 32.1. The lowest BCUT2D eigenvalue weighted by atomic mass is 9.95. The van der Waals surface area contributed by atoms with Gasteiger partial charge in [0.15, 0.2) is 0 Å². The molecule has 2 rings (SSSR count). The molecule has 0 fully saturated rings. The zero-order valence-electron chi connectivity index (χ0n) is 6.76. The first-order chi connectivity index (χ1) is 5.40. The minimum absolute atomic E-state index is 0.720. The highest BCUT2D eigenvalue weighted by Crippen LogP contribution is 2.25. The fourth-order valence-corrected chi connectivity index (χ4v) is 2.62. The van der Waals surface area contributed by atoms with Crippen molar-refractivity contribution in [1.29, 1.82) is 0 Å². The Morgan fingerprint density at radius 1 is 1.64 bits per heavy atom. The highest BCUT2D eigenvalue weighted by Gasteiger charge is 2.17.